The van der Waals surface area contributed by atoms with E-state index in [4.69, 9.17) is 5.73 Å². The maximum Gasteiger partial charge on any atom is -0.00205 e. The molecule has 2 heteroatoms. The van der Waals surface area contributed by atoms with Crippen molar-refractivity contribution in [3.8, 4) is 0 Å². The van der Waals surface area contributed by atoms with Crippen molar-refractivity contribution in [1.82, 2.24) is 0 Å². The van der Waals surface area contributed by atoms with E-state index >= 15 is 0 Å². The molecule has 3 fully saturated rings. The molecule has 0 aromatic rings. The summed E-state index contributed by atoms with van der Waals surface area (Å²) in [5, 5.41) is 0. The smallest absolute Gasteiger partial charge is 0.00205 e. The van der Waals surface area contributed by atoms with Gasteiger partial charge in [-0.25, -0.2) is 0 Å². The topological polar surface area (TPSA) is 26.0 Å². The van der Waals surface area contributed by atoms with Gasteiger partial charge in [-0.15, -0.1) is 12.4 Å². The molecule has 0 heterocycles. The minimum absolute atomic E-state index is 0. The lowest BCUT2D eigenvalue weighted by Gasteiger charge is -2.45. The van der Waals surface area contributed by atoms with Gasteiger partial charge in [-0.2, -0.15) is 0 Å². The SMILES string of the molecule is Cl.NCC12CCC(CC1)CC2. The number of hydrogen-bond acceptors (Lipinski definition) is 1. The Balaban J connectivity index is 0.000000605. The first kappa shape index (κ1) is 9.34. The van der Waals surface area contributed by atoms with Gasteiger partial charge in [-0.05, 0) is 56.4 Å². The van der Waals surface area contributed by atoms with Crippen molar-refractivity contribution in [2.75, 3.05) is 6.54 Å². The summed E-state index contributed by atoms with van der Waals surface area (Å²) in [6, 6.07) is 0. The first-order valence-corrected chi connectivity index (χ1v) is 4.55. The molecule has 0 atom stereocenters. The van der Waals surface area contributed by atoms with Crippen LogP contribution in [0.25, 0.3) is 0 Å². The molecule has 3 rings (SSSR count). The highest BCUT2D eigenvalue weighted by Gasteiger charge is 2.38. The average molecular weight is 176 g/mol. The molecule has 0 aromatic heterocycles. The van der Waals surface area contributed by atoms with Crippen LogP contribution in [0.4, 0.5) is 0 Å². The third-order valence-electron chi connectivity index (χ3n) is 3.68. The molecule has 0 unspecified atom stereocenters. The van der Waals surface area contributed by atoms with E-state index < -0.39 is 0 Å². The van der Waals surface area contributed by atoms with E-state index in [0.717, 1.165) is 12.5 Å². The maximum absolute atomic E-state index is 5.77. The summed E-state index contributed by atoms with van der Waals surface area (Å²) in [5.41, 5.74) is 6.38. The summed E-state index contributed by atoms with van der Waals surface area (Å²) in [6.45, 7) is 0.944. The molecule has 0 spiro atoms. The van der Waals surface area contributed by atoms with Crippen LogP contribution >= 0.6 is 12.4 Å². The Morgan fingerprint density at radius 3 is 1.82 bits per heavy atom. The van der Waals surface area contributed by atoms with Gasteiger partial charge in [-0.3, -0.25) is 0 Å². The van der Waals surface area contributed by atoms with Crippen LogP contribution in [-0.2, 0) is 0 Å². The zero-order valence-corrected chi connectivity index (χ0v) is 7.83. The first-order valence-electron chi connectivity index (χ1n) is 4.55. The summed E-state index contributed by atoms with van der Waals surface area (Å²) < 4.78 is 0. The maximum atomic E-state index is 5.77. The lowest BCUT2D eigenvalue weighted by molar-refractivity contribution is 0.0733. The molecule has 0 radical (unpaired) electrons. The van der Waals surface area contributed by atoms with Gasteiger partial charge in [0, 0.05) is 0 Å². The molecule has 3 aliphatic carbocycles. The average Bonchev–Trinajstić information content (AvgIpc) is 2.08. The summed E-state index contributed by atoms with van der Waals surface area (Å²) in [4.78, 5) is 0. The van der Waals surface area contributed by atoms with E-state index in [2.05, 4.69) is 0 Å². The lowest BCUT2D eigenvalue weighted by Crippen LogP contribution is -2.39. The predicted octanol–water partition coefficient (Wildman–Crippen LogP) is 2.34. The second-order valence-electron chi connectivity index (χ2n) is 4.19. The highest BCUT2D eigenvalue weighted by Crippen LogP contribution is 2.49. The van der Waals surface area contributed by atoms with Crippen molar-refractivity contribution in [3.05, 3.63) is 0 Å². The Hall–Kier alpha value is 0.250. The van der Waals surface area contributed by atoms with Gasteiger partial charge >= 0.3 is 0 Å². The fraction of sp³-hybridized carbons (Fsp3) is 1.00. The number of fused-ring (bicyclic) bond motifs is 3. The van der Waals surface area contributed by atoms with Crippen molar-refractivity contribution < 1.29 is 0 Å². The van der Waals surface area contributed by atoms with Crippen LogP contribution in [0.5, 0.6) is 0 Å². The molecule has 2 N–H and O–H groups in total. The number of rotatable bonds is 1. The summed E-state index contributed by atoms with van der Waals surface area (Å²) >= 11 is 0. The summed E-state index contributed by atoms with van der Waals surface area (Å²) in [5.74, 6) is 1.08. The van der Waals surface area contributed by atoms with Gasteiger partial charge < -0.3 is 5.73 Å². The highest BCUT2D eigenvalue weighted by molar-refractivity contribution is 5.85. The summed E-state index contributed by atoms with van der Waals surface area (Å²) in [6.07, 6.45) is 8.68. The van der Waals surface area contributed by atoms with Crippen molar-refractivity contribution in [3.63, 3.8) is 0 Å². The number of halogens is 1. The molecule has 1 nitrogen and oxygen atoms in total. The van der Waals surface area contributed by atoms with E-state index in [1.54, 1.807) is 0 Å². The van der Waals surface area contributed by atoms with E-state index in [1.807, 2.05) is 0 Å². The molecular weight excluding hydrogens is 158 g/mol. The Kier molecular flexibility index (Phi) is 2.82. The Labute approximate surface area is 75.1 Å². The highest BCUT2D eigenvalue weighted by atomic mass is 35.5. The first-order chi connectivity index (χ1) is 4.85. The van der Waals surface area contributed by atoms with E-state index in [1.165, 1.54) is 38.5 Å². The molecule has 2 bridgehead atoms. The molecule has 0 aliphatic heterocycles. The monoisotopic (exact) mass is 175 g/mol. The molecule has 0 aromatic carbocycles. The largest absolute Gasteiger partial charge is 0.330 e. The molecular formula is C9H18ClN. The van der Waals surface area contributed by atoms with Crippen LogP contribution in [-0.4, -0.2) is 6.54 Å². The molecule has 66 valence electrons. The molecule has 3 saturated carbocycles. The van der Waals surface area contributed by atoms with Crippen LogP contribution in [0.15, 0.2) is 0 Å². The molecule has 11 heavy (non-hydrogen) atoms. The van der Waals surface area contributed by atoms with Crippen molar-refractivity contribution in [2.45, 2.75) is 38.5 Å². The van der Waals surface area contributed by atoms with Gasteiger partial charge in [0.25, 0.3) is 0 Å². The molecule has 0 saturated heterocycles. The summed E-state index contributed by atoms with van der Waals surface area (Å²) in [7, 11) is 0. The number of nitrogens with two attached hydrogens (primary N) is 1. The van der Waals surface area contributed by atoms with E-state index in [-0.39, 0.29) is 12.4 Å². The third-order valence-corrected chi connectivity index (χ3v) is 3.68. The van der Waals surface area contributed by atoms with Crippen molar-refractivity contribution in [1.29, 1.82) is 0 Å². The van der Waals surface area contributed by atoms with E-state index in [0.29, 0.717) is 5.41 Å². The van der Waals surface area contributed by atoms with Crippen molar-refractivity contribution in [2.24, 2.45) is 17.1 Å². The second kappa shape index (κ2) is 3.32. The molecule has 3 aliphatic rings. The minimum atomic E-state index is 0. The normalized spacial score (nSPS) is 41.7. The van der Waals surface area contributed by atoms with Gasteiger partial charge in [-0.1, -0.05) is 0 Å². The Morgan fingerprint density at radius 2 is 1.55 bits per heavy atom. The van der Waals surface area contributed by atoms with Crippen LogP contribution in [0.1, 0.15) is 38.5 Å². The second-order valence-corrected chi connectivity index (χ2v) is 4.19. The van der Waals surface area contributed by atoms with E-state index in [9.17, 15) is 0 Å². The van der Waals surface area contributed by atoms with Crippen LogP contribution in [0.2, 0.25) is 0 Å². The predicted molar refractivity (Wildman–Crippen MR) is 49.9 cm³/mol. The molecule has 0 amide bonds. The fourth-order valence-electron chi connectivity index (χ4n) is 2.65. The third kappa shape index (κ3) is 1.54. The zero-order chi connectivity index (χ0) is 7.03. The van der Waals surface area contributed by atoms with Gasteiger partial charge in [0.15, 0.2) is 0 Å². The Morgan fingerprint density at radius 1 is 1.09 bits per heavy atom. The van der Waals surface area contributed by atoms with Gasteiger partial charge in [0.2, 0.25) is 0 Å². The van der Waals surface area contributed by atoms with Crippen LogP contribution in [0, 0.1) is 11.3 Å². The zero-order valence-electron chi connectivity index (χ0n) is 7.01. The fourth-order valence-corrected chi connectivity index (χ4v) is 2.65. The van der Waals surface area contributed by atoms with Crippen molar-refractivity contribution >= 4 is 12.4 Å². The van der Waals surface area contributed by atoms with Crippen LogP contribution in [0.3, 0.4) is 0 Å². The van der Waals surface area contributed by atoms with Gasteiger partial charge in [0.05, 0.1) is 0 Å². The van der Waals surface area contributed by atoms with Crippen LogP contribution < -0.4 is 5.73 Å². The number of hydrogen-bond donors (Lipinski definition) is 1. The van der Waals surface area contributed by atoms with Gasteiger partial charge in [0.1, 0.15) is 0 Å². The quantitative estimate of drug-likeness (QED) is 0.651. The Bertz CT molecular complexity index is 114. The standard InChI is InChI=1S/C9H17N.ClH/c10-7-9-4-1-8(2-5-9)3-6-9;/h8H,1-7,10H2;1H. The minimum Gasteiger partial charge on any atom is -0.330 e. The lowest BCUT2D eigenvalue weighted by atomic mass is 9.61.